The summed E-state index contributed by atoms with van der Waals surface area (Å²) in [5.74, 6) is 0.683. The van der Waals surface area contributed by atoms with E-state index in [1.54, 1.807) is 34.0 Å². The fourth-order valence-corrected chi connectivity index (χ4v) is 13.7. The summed E-state index contributed by atoms with van der Waals surface area (Å²) in [4.78, 5) is 16.9. The van der Waals surface area contributed by atoms with Gasteiger partial charge in [0.15, 0.2) is 0 Å². The van der Waals surface area contributed by atoms with E-state index in [1.807, 2.05) is 41.4 Å². The zero-order valence-electron chi connectivity index (χ0n) is 43.1. The predicted octanol–water partition coefficient (Wildman–Crippen LogP) is 13.1. The zero-order valence-corrected chi connectivity index (χ0v) is 45.6. The van der Waals surface area contributed by atoms with Crippen molar-refractivity contribution in [2.75, 3.05) is 46.3 Å². The van der Waals surface area contributed by atoms with Crippen LogP contribution in [0.5, 0.6) is 0 Å². The van der Waals surface area contributed by atoms with Gasteiger partial charge in [-0.1, -0.05) is 30.4 Å². The van der Waals surface area contributed by atoms with Crippen molar-refractivity contribution >= 4 is 109 Å². The molecule has 0 amide bonds. The molecule has 15 heteroatoms. The summed E-state index contributed by atoms with van der Waals surface area (Å²) in [6.45, 7) is 6.44. The van der Waals surface area contributed by atoms with Gasteiger partial charge in [-0.25, -0.2) is 15.0 Å². The number of rotatable bonds is 6. The number of thiazole rings is 3. The summed E-state index contributed by atoms with van der Waals surface area (Å²) in [7, 11) is 8.04. The van der Waals surface area contributed by atoms with E-state index in [1.165, 1.54) is 60.3 Å². The molecule has 0 aliphatic carbocycles. The van der Waals surface area contributed by atoms with Gasteiger partial charge in [-0.05, 0) is 177 Å². The first-order valence-corrected chi connectivity index (χ1v) is 28.6. The Bertz CT molecular complexity index is 4180. The summed E-state index contributed by atoms with van der Waals surface area (Å²) >= 11 is 5.32. The molecule has 1 fully saturated rings. The Morgan fingerprint density at radius 1 is 0.447 bits per heavy atom. The molecule has 3 aliphatic rings. The summed E-state index contributed by atoms with van der Waals surface area (Å²) in [6.07, 6.45) is 15.5. The van der Waals surface area contributed by atoms with E-state index in [4.69, 9.17) is 15.0 Å². The first-order chi connectivity index (χ1) is 37.2. The molecule has 3 aliphatic heterocycles. The van der Waals surface area contributed by atoms with Gasteiger partial charge in [0.1, 0.15) is 15.0 Å². The highest BCUT2D eigenvalue weighted by atomic mass is 32.1. The molecule has 6 aromatic heterocycles. The molecule has 0 atom stereocenters. The number of hydrogen-bond acceptors (Lipinski definition) is 12. The Morgan fingerprint density at radius 2 is 0.895 bits per heavy atom. The predicted molar refractivity (Wildman–Crippen MR) is 318 cm³/mol. The minimum atomic E-state index is 0.683. The molecule has 0 saturated carbocycles. The number of nitrogens with one attached hydrogen (secondary N) is 2. The van der Waals surface area contributed by atoms with E-state index in [-0.39, 0.29) is 0 Å². The quantitative estimate of drug-likeness (QED) is 0.168. The fraction of sp³-hybridized carbons (Fsp3) is 0.246. The third-order valence-corrected chi connectivity index (χ3v) is 18.0. The highest BCUT2D eigenvalue weighted by molar-refractivity contribution is 7.22. The lowest BCUT2D eigenvalue weighted by molar-refractivity contribution is 0.370. The van der Waals surface area contributed by atoms with Crippen LogP contribution in [-0.4, -0.2) is 95.5 Å². The molecule has 0 spiro atoms. The van der Waals surface area contributed by atoms with Crippen LogP contribution in [0.25, 0.3) is 106 Å². The van der Waals surface area contributed by atoms with Crippen LogP contribution in [0.1, 0.15) is 48.3 Å². The molecular weight excluding hydrogens is 997 g/mol. The molecule has 6 aromatic carbocycles. The van der Waals surface area contributed by atoms with Crippen molar-refractivity contribution in [3.63, 3.8) is 0 Å². The number of aromatic nitrogens is 9. The lowest BCUT2D eigenvalue weighted by Gasteiger charge is -2.22. The van der Waals surface area contributed by atoms with Crippen molar-refractivity contribution in [1.29, 1.82) is 0 Å². The number of nitrogens with zero attached hydrogens (tertiary/aromatic N) is 10. The number of likely N-dealkylation sites (N-methyl/N-ethyl adjacent to an activating group) is 1. The van der Waals surface area contributed by atoms with Gasteiger partial charge in [-0.15, -0.1) is 34.0 Å². The normalized spacial score (nSPS) is 15.6. The Morgan fingerprint density at radius 3 is 1.36 bits per heavy atom. The lowest BCUT2D eigenvalue weighted by Crippen LogP contribution is -2.26. The van der Waals surface area contributed by atoms with Gasteiger partial charge in [0, 0.05) is 92.2 Å². The third kappa shape index (κ3) is 10.1. The number of hydrogen-bond donors (Lipinski definition) is 2. The number of piperidine rings is 1. The first kappa shape index (κ1) is 48.4. The summed E-state index contributed by atoms with van der Waals surface area (Å²) in [5.41, 5.74) is 16.8. The summed E-state index contributed by atoms with van der Waals surface area (Å²) in [5, 5.41) is 26.8. The third-order valence-electron chi connectivity index (χ3n) is 14.8. The Labute approximate surface area is 453 Å². The van der Waals surface area contributed by atoms with Crippen molar-refractivity contribution in [2.24, 2.45) is 21.1 Å². The molecule has 2 N–H and O–H groups in total. The maximum Gasteiger partial charge on any atom is 0.124 e. The maximum atomic E-state index is 4.86. The second-order valence-electron chi connectivity index (χ2n) is 20.3. The van der Waals surface area contributed by atoms with Gasteiger partial charge in [-0.2, -0.15) is 15.3 Å². The molecule has 0 unspecified atom stereocenters. The van der Waals surface area contributed by atoms with Crippen LogP contribution in [0.4, 0.5) is 0 Å². The van der Waals surface area contributed by atoms with E-state index < -0.39 is 0 Å². The van der Waals surface area contributed by atoms with Crippen LogP contribution in [0, 0.1) is 0 Å². The fourth-order valence-electron chi connectivity index (χ4n) is 10.7. The van der Waals surface area contributed by atoms with E-state index >= 15 is 0 Å². The molecule has 0 bridgehead atoms. The second-order valence-corrected chi connectivity index (χ2v) is 23.4. The molecule has 380 valence electrons. The molecule has 15 rings (SSSR count). The van der Waals surface area contributed by atoms with Crippen molar-refractivity contribution in [1.82, 2.24) is 59.8 Å². The van der Waals surface area contributed by atoms with Gasteiger partial charge >= 0.3 is 0 Å². The highest BCUT2D eigenvalue weighted by Crippen LogP contribution is 2.38. The van der Waals surface area contributed by atoms with Crippen LogP contribution >= 0.6 is 34.0 Å². The average molecular weight is 1060 g/mol. The molecular formula is C61H58N12S3. The van der Waals surface area contributed by atoms with E-state index in [0.29, 0.717) is 5.92 Å². The maximum absolute atomic E-state index is 4.86. The van der Waals surface area contributed by atoms with Crippen LogP contribution in [0.2, 0.25) is 0 Å². The smallest absolute Gasteiger partial charge is 0.124 e. The van der Waals surface area contributed by atoms with E-state index in [9.17, 15) is 0 Å². The van der Waals surface area contributed by atoms with E-state index in [0.717, 1.165) is 128 Å². The molecule has 12 nitrogen and oxygen atoms in total. The topological polar surface area (TPSA) is 119 Å². The van der Waals surface area contributed by atoms with Gasteiger partial charge in [0.05, 0.1) is 47.2 Å². The largest absolute Gasteiger partial charge is 0.317 e. The van der Waals surface area contributed by atoms with Crippen LogP contribution in [0.15, 0.2) is 140 Å². The summed E-state index contributed by atoms with van der Waals surface area (Å²) < 4.78 is 9.36. The minimum absolute atomic E-state index is 0.683. The van der Waals surface area contributed by atoms with Crippen molar-refractivity contribution in [3.8, 4) is 31.7 Å². The zero-order chi connectivity index (χ0) is 51.3. The van der Waals surface area contributed by atoms with Crippen molar-refractivity contribution < 1.29 is 0 Å². The lowest BCUT2D eigenvalue weighted by atomic mass is 9.90. The standard InChI is InChI=1S/C21H20N4S.C20H20N4S.C20H18N4S/c1-24-9-7-14(8-10-24)15-3-6-19-20(12-15)26-21(22-19)16-4-5-18-17(11-16)13-25(2)23-18;2*1-24-12-16-10-15(3-4-17(16)23-24)20-22-18-5-2-14(11-19(18)25-20)13-6-8-21-9-7-13/h3-7,11-13H,8-10H2,1-2H3;2-5,10-13,21H,6-9H2,1H3;2-6,10-12,21H,7-9H2,1H3. The SMILES string of the molecule is CN1CC=C(c2ccc3nc(-c4ccc5nn(C)cc5c4)sc3c2)CC1.Cn1cc2cc(-c3nc4ccc(C5=CCNCC5)cc4s3)ccc2n1.Cn1cc2cc(-c3nc4ccc(C5CCNCC5)cc4s3)ccc2n1. The first-order valence-electron chi connectivity index (χ1n) is 26.2. The van der Waals surface area contributed by atoms with Crippen molar-refractivity contribution in [3.05, 3.63) is 157 Å². The number of aryl methyl sites for hydroxylation is 3. The van der Waals surface area contributed by atoms with Gasteiger partial charge in [0.25, 0.3) is 0 Å². The Kier molecular flexibility index (Phi) is 13.2. The van der Waals surface area contributed by atoms with Crippen LogP contribution in [-0.2, 0) is 21.1 Å². The monoisotopic (exact) mass is 1050 g/mol. The molecule has 0 radical (unpaired) electrons. The number of benzene rings is 6. The van der Waals surface area contributed by atoms with E-state index in [2.05, 4.69) is 172 Å². The summed E-state index contributed by atoms with van der Waals surface area (Å²) in [6, 6.07) is 39.3. The van der Waals surface area contributed by atoms with Crippen LogP contribution in [0.3, 0.4) is 0 Å². The Balaban J connectivity index is 0.000000109. The average Bonchev–Trinajstić information content (AvgIpc) is 4.33. The second kappa shape index (κ2) is 20.7. The molecule has 1 saturated heterocycles. The molecule has 9 heterocycles. The van der Waals surface area contributed by atoms with Crippen molar-refractivity contribution in [2.45, 2.75) is 31.6 Å². The van der Waals surface area contributed by atoms with Crippen LogP contribution < -0.4 is 10.6 Å². The minimum Gasteiger partial charge on any atom is -0.317 e. The van der Waals surface area contributed by atoms with Gasteiger partial charge in [0.2, 0.25) is 0 Å². The molecule has 12 aromatic rings. The van der Waals surface area contributed by atoms with Gasteiger partial charge < -0.3 is 15.5 Å². The number of fused-ring (bicyclic) bond motifs is 6. The Hall–Kier alpha value is -7.24. The molecule has 76 heavy (non-hydrogen) atoms. The van der Waals surface area contributed by atoms with Gasteiger partial charge in [-0.3, -0.25) is 14.0 Å². The highest BCUT2D eigenvalue weighted by Gasteiger charge is 2.18.